The third kappa shape index (κ3) is 4.57. The molecule has 2 rings (SSSR count). The first-order valence-electron chi connectivity index (χ1n) is 6.62. The van der Waals surface area contributed by atoms with Crippen molar-refractivity contribution in [3.63, 3.8) is 0 Å². The third-order valence-corrected chi connectivity index (χ3v) is 3.95. The lowest BCUT2D eigenvalue weighted by molar-refractivity contribution is -0.137. The number of carbonyl (C=O) groups is 1. The molecular weight excluding hydrogens is 313 g/mol. The normalized spacial score (nSPS) is 11.5. The summed E-state index contributed by atoms with van der Waals surface area (Å²) in [6, 6.07) is 7.16. The van der Waals surface area contributed by atoms with E-state index in [2.05, 4.69) is 5.32 Å². The molecule has 0 bridgehead atoms. The Morgan fingerprint density at radius 2 is 2.05 bits per heavy atom. The van der Waals surface area contributed by atoms with Crippen LogP contribution in [-0.2, 0) is 23.9 Å². The van der Waals surface area contributed by atoms with Gasteiger partial charge in [-0.25, -0.2) is 0 Å². The van der Waals surface area contributed by atoms with Crippen LogP contribution in [0.5, 0.6) is 0 Å². The summed E-state index contributed by atoms with van der Waals surface area (Å²) in [5.74, 6) is -0.323. The summed E-state index contributed by atoms with van der Waals surface area (Å²) in [4.78, 5) is 12.9. The minimum atomic E-state index is -4.47. The van der Waals surface area contributed by atoms with E-state index in [1.807, 2.05) is 17.5 Å². The fourth-order valence-electron chi connectivity index (χ4n) is 1.96. The van der Waals surface area contributed by atoms with Gasteiger partial charge in [-0.3, -0.25) is 4.79 Å². The van der Waals surface area contributed by atoms with Crippen molar-refractivity contribution in [2.24, 2.45) is 5.73 Å². The van der Waals surface area contributed by atoms with Gasteiger partial charge in [0.15, 0.2) is 0 Å². The summed E-state index contributed by atoms with van der Waals surface area (Å²) < 4.78 is 38.4. The average molecular weight is 328 g/mol. The van der Waals surface area contributed by atoms with E-state index in [1.54, 1.807) is 0 Å². The molecule has 0 saturated carbocycles. The highest BCUT2D eigenvalue weighted by Gasteiger charge is 2.31. The zero-order valence-corrected chi connectivity index (χ0v) is 12.4. The van der Waals surface area contributed by atoms with Crippen molar-refractivity contribution in [2.45, 2.75) is 25.6 Å². The molecule has 0 unspecified atom stereocenters. The Hall–Kier alpha value is -1.86. The van der Waals surface area contributed by atoms with Crippen molar-refractivity contribution in [3.05, 3.63) is 51.7 Å². The van der Waals surface area contributed by atoms with Gasteiger partial charge in [0.1, 0.15) is 0 Å². The monoisotopic (exact) mass is 328 g/mol. The first kappa shape index (κ1) is 16.5. The van der Waals surface area contributed by atoms with E-state index in [-0.39, 0.29) is 24.6 Å². The molecule has 1 amide bonds. The van der Waals surface area contributed by atoms with Crippen LogP contribution in [-0.4, -0.2) is 5.91 Å². The molecule has 0 aliphatic heterocycles. The Labute approximate surface area is 130 Å². The lowest BCUT2D eigenvalue weighted by atomic mass is 10.1. The van der Waals surface area contributed by atoms with Gasteiger partial charge in [0.25, 0.3) is 0 Å². The Kier molecular flexibility index (Phi) is 5.20. The lowest BCUT2D eigenvalue weighted by Gasteiger charge is -2.12. The molecular formula is C15H15F3N2OS. The lowest BCUT2D eigenvalue weighted by Crippen LogP contribution is -2.14. The predicted octanol–water partition coefficient (Wildman–Crippen LogP) is 3.80. The van der Waals surface area contributed by atoms with Crippen molar-refractivity contribution in [2.75, 3.05) is 5.32 Å². The standard InChI is InChI=1S/C15H15F3N2OS/c16-15(17,18)11-6-10(9-19)7-12(8-11)20-14(21)4-3-13-2-1-5-22-13/h1-2,5-8H,3-4,9,19H2,(H,20,21). The second-order valence-corrected chi connectivity index (χ2v) is 5.78. The zero-order chi connectivity index (χ0) is 16.2. The largest absolute Gasteiger partial charge is 0.416 e. The number of rotatable bonds is 5. The van der Waals surface area contributed by atoms with Gasteiger partial charge in [0, 0.05) is 23.5 Å². The first-order chi connectivity index (χ1) is 10.4. The maximum absolute atomic E-state index is 12.8. The summed E-state index contributed by atoms with van der Waals surface area (Å²) in [6.07, 6.45) is -3.69. The number of nitrogens with two attached hydrogens (primary N) is 1. The summed E-state index contributed by atoms with van der Waals surface area (Å²) in [5.41, 5.74) is 5.03. The average Bonchev–Trinajstić information content (AvgIpc) is 2.97. The van der Waals surface area contributed by atoms with Gasteiger partial charge in [-0.2, -0.15) is 13.2 Å². The van der Waals surface area contributed by atoms with Crippen LogP contribution in [0.3, 0.4) is 0 Å². The molecule has 3 N–H and O–H groups in total. The van der Waals surface area contributed by atoms with Gasteiger partial charge in [-0.05, 0) is 41.6 Å². The van der Waals surface area contributed by atoms with Crippen LogP contribution in [0.1, 0.15) is 22.4 Å². The van der Waals surface area contributed by atoms with Crippen molar-refractivity contribution >= 4 is 22.9 Å². The number of aryl methyl sites for hydroxylation is 1. The van der Waals surface area contributed by atoms with Crippen molar-refractivity contribution in [1.82, 2.24) is 0 Å². The van der Waals surface area contributed by atoms with E-state index in [9.17, 15) is 18.0 Å². The van der Waals surface area contributed by atoms with Gasteiger partial charge < -0.3 is 11.1 Å². The van der Waals surface area contributed by atoms with Crippen LogP contribution in [0.25, 0.3) is 0 Å². The van der Waals surface area contributed by atoms with E-state index < -0.39 is 11.7 Å². The molecule has 7 heteroatoms. The Balaban J connectivity index is 2.06. The summed E-state index contributed by atoms with van der Waals surface area (Å²) >= 11 is 1.54. The molecule has 1 aromatic heterocycles. The summed E-state index contributed by atoms with van der Waals surface area (Å²) in [7, 11) is 0. The molecule has 0 spiro atoms. The SMILES string of the molecule is NCc1cc(NC(=O)CCc2cccs2)cc(C(F)(F)F)c1. The van der Waals surface area contributed by atoms with Crippen LogP contribution in [0, 0.1) is 0 Å². The fourth-order valence-corrected chi connectivity index (χ4v) is 2.67. The predicted molar refractivity (Wildman–Crippen MR) is 80.6 cm³/mol. The molecule has 22 heavy (non-hydrogen) atoms. The molecule has 0 saturated heterocycles. The second-order valence-electron chi connectivity index (χ2n) is 4.75. The topological polar surface area (TPSA) is 55.1 Å². The number of nitrogens with one attached hydrogen (secondary N) is 1. The highest BCUT2D eigenvalue weighted by molar-refractivity contribution is 7.09. The van der Waals surface area contributed by atoms with Gasteiger partial charge in [-0.15, -0.1) is 11.3 Å². The zero-order valence-electron chi connectivity index (χ0n) is 11.6. The summed E-state index contributed by atoms with van der Waals surface area (Å²) in [6.45, 7) is -0.0258. The maximum Gasteiger partial charge on any atom is 0.416 e. The van der Waals surface area contributed by atoms with Gasteiger partial charge in [-0.1, -0.05) is 6.07 Å². The van der Waals surface area contributed by atoms with Crippen molar-refractivity contribution in [1.29, 1.82) is 0 Å². The third-order valence-electron chi connectivity index (χ3n) is 3.02. The number of thiophene rings is 1. The smallest absolute Gasteiger partial charge is 0.326 e. The minimum absolute atomic E-state index is 0.0258. The van der Waals surface area contributed by atoms with E-state index >= 15 is 0 Å². The fraction of sp³-hybridized carbons (Fsp3) is 0.267. The maximum atomic E-state index is 12.8. The summed E-state index contributed by atoms with van der Waals surface area (Å²) in [5, 5.41) is 4.41. The van der Waals surface area contributed by atoms with E-state index in [1.165, 1.54) is 17.4 Å². The van der Waals surface area contributed by atoms with Gasteiger partial charge in [0.05, 0.1) is 5.56 Å². The van der Waals surface area contributed by atoms with Crippen molar-refractivity contribution < 1.29 is 18.0 Å². The highest BCUT2D eigenvalue weighted by atomic mass is 32.1. The molecule has 0 fully saturated rings. The number of alkyl halides is 3. The number of anilines is 1. The highest BCUT2D eigenvalue weighted by Crippen LogP contribution is 2.32. The number of hydrogen-bond donors (Lipinski definition) is 2. The van der Waals surface area contributed by atoms with Crippen LogP contribution in [0.4, 0.5) is 18.9 Å². The molecule has 1 aromatic carbocycles. The van der Waals surface area contributed by atoms with Crippen LogP contribution in [0.2, 0.25) is 0 Å². The number of hydrogen-bond acceptors (Lipinski definition) is 3. The van der Waals surface area contributed by atoms with E-state index in [4.69, 9.17) is 5.73 Å². The Bertz CT molecular complexity index is 639. The molecule has 0 aliphatic rings. The number of benzene rings is 1. The quantitative estimate of drug-likeness (QED) is 0.877. The number of halogens is 3. The number of amides is 1. The molecule has 0 atom stereocenters. The van der Waals surface area contributed by atoms with E-state index in [0.717, 1.165) is 17.0 Å². The molecule has 1 heterocycles. The van der Waals surface area contributed by atoms with E-state index in [0.29, 0.717) is 12.0 Å². The van der Waals surface area contributed by atoms with Gasteiger partial charge in [0.2, 0.25) is 5.91 Å². The molecule has 0 aliphatic carbocycles. The molecule has 3 nitrogen and oxygen atoms in total. The molecule has 2 aromatic rings. The minimum Gasteiger partial charge on any atom is -0.326 e. The Morgan fingerprint density at radius 1 is 1.27 bits per heavy atom. The van der Waals surface area contributed by atoms with Crippen LogP contribution < -0.4 is 11.1 Å². The second kappa shape index (κ2) is 6.93. The molecule has 118 valence electrons. The van der Waals surface area contributed by atoms with Crippen LogP contribution >= 0.6 is 11.3 Å². The van der Waals surface area contributed by atoms with Gasteiger partial charge >= 0.3 is 6.18 Å². The number of carbonyl (C=O) groups excluding carboxylic acids is 1. The van der Waals surface area contributed by atoms with Crippen LogP contribution in [0.15, 0.2) is 35.7 Å². The Morgan fingerprint density at radius 3 is 2.64 bits per heavy atom. The van der Waals surface area contributed by atoms with Crippen molar-refractivity contribution in [3.8, 4) is 0 Å². The first-order valence-corrected chi connectivity index (χ1v) is 7.50. The molecule has 0 radical (unpaired) electrons.